The number of aliphatic hydroxyl groups excluding tert-OH is 6. The molecule has 0 saturated carbocycles. The van der Waals surface area contributed by atoms with Crippen molar-refractivity contribution >= 4 is 18.0 Å². The topological polar surface area (TPSA) is 222 Å². The first-order chi connectivity index (χ1) is 17.5. The highest BCUT2D eigenvalue weighted by atomic mass is 16.8. The highest BCUT2D eigenvalue weighted by Crippen LogP contribution is 2.38. The third kappa shape index (κ3) is 6.43. The van der Waals surface area contributed by atoms with Crippen LogP contribution in [-0.2, 0) is 33.3 Å². The third-order valence-electron chi connectivity index (χ3n) is 5.87. The minimum absolute atomic E-state index is 0.0175. The van der Waals surface area contributed by atoms with Crippen LogP contribution in [0.3, 0.4) is 0 Å². The molecule has 7 N–H and O–H groups in total. The Bertz CT molecular complexity index is 951. The number of aromatic hydroxyl groups is 1. The normalized spacial score (nSPS) is 36.0. The average molecular weight is 530 g/mol. The van der Waals surface area contributed by atoms with E-state index in [0.29, 0.717) is 5.56 Å². The Morgan fingerprint density at radius 2 is 1.62 bits per heavy atom. The molecule has 0 radical (unpaired) electrons. The van der Waals surface area contributed by atoms with Crippen molar-refractivity contribution in [1.82, 2.24) is 0 Å². The quantitative estimate of drug-likeness (QED) is 0.126. The molecule has 2 aliphatic rings. The Hall–Kier alpha value is -2.66. The van der Waals surface area contributed by atoms with Crippen LogP contribution in [-0.4, -0.2) is 122 Å². The van der Waals surface area contributed by atoms with Gasteiger partial charge in [0, 0.05) is 13.0 Å². The van der Waals surface area contributed by atoms with Crippen molar-refractivity contribution in [1.29, 1.82) is 0 Å². The predicted octanol–water partition coefficient (Wildman–Crippen LogP) is -2.85. The Morgan fingerprint density at radius 3 is 2.19 bits per heavy atom. The molecule has 0 bridgehead atoms. The zero-order chi connectivity index (χ0) is 27.3. The number of hydrogen-bond acceptors (Lipinski definition) is 14. The number of carbonyl (C=O) groups is 2. The summed E-state index contributed by atoms with van der Waals surface area (Å²) < 4.78 is 26.9. The molecule has 9 atom stereocenters. The summed E-state index contributed by atoms with van der Waals surface area (Å²) >= 11 is 0. The Balaban J connectivity index is 1.87. The lowest BCUT2D eigenvalue weighted by atomic mass is 9.98. The summed E-state index contributed by atoms with van der Waals surface area (Å²) in [7, 11) is 0. The smallest absolute Gasteiger partial charge is 0.331 e. The van der Waals surface area contributed by atoms with Crippen LogP contribution in [0.15, 0.2) is 30.3 Å². The van der Waals surface area contributed by atoms with Crippen molar-refractivity contribution in [2.75, 3.05) is 19.8 Å². The fourth-order valence-electron chi connectivity index (χ4n) is 3.99. The second kappa shape index (κ2) is 12.3. The van der Waals surface area contributed by atoms with Crippen LogP contribution in [0, 0.1) is 0 Å². The maximum atomic E-state index is 12.5. The Morgan fingerprint density at radius 1 is 0.973 bits per heavy atom. The van der Waals surface area contributed by atoms with Gasteiger partial charge in [-0.05, 0) is 23.8 Å². The van der Waals surface area contributed by atoms with Crippen LogP contribution >= 0.6 is 0 Å². The van der Waals surface area contributed by atoms with E-state index in [1.54, 1.807) is 0 Å². The molecule has 0 aliphatic carbocycles. The van der Waals surface area contributed by atoms with Gasteiger partial charge in [-0.2, -0.15) is 0 Å². The number of ether oxygens (including phenoxy) is 5. The lowest BCUT2D eigenvalue weighted by molar-refractivity contribution is -0.383. The van der Waals surface area contributed by atoms with Gasteiger partial charge >= 0.3 is 11.9 Å². The van der Waals surface area contributed by atoms with E-state index in [1.807, 2.05) is 0 Å². The molecule has 1 aromatic carbocycles. The van der Waals surface area contributed by atoms with Gasteiger partial charge < -0.3 is 59.4 Å². The highest BCUT2D eigenvalue weighted by molar-refractivity contribution is 5.87. The van der Waals surface area contributed by atoms with E-state index in [1.165, 1.54) is 30.3 Å². The van der Waals surface area contributed by atoms with Gasteiger partial charge in [-0.3, -0.25) is 4.79 Å². The SMILES string of the molecule is CC(=O)OC1C(OC2(CO)OC(CO)C(O)C2OC(=O)C=Cc2ccc(O)cc2)OC(CO)C(O)C1O. The zero-order valence-corrected chi connectivity index (χ0v) is 19.7. The summed E-state index contributed by atoms with van der Waals surface area (Å²) in [4.78, 5) is 24.1. The molecule has 1 aromatic rings. The molecule has 0 amide bonds. The highest BCUT2D eigenvalue weighted by Gasteiger charge is 2.61. The van der Waals surface area contributed by atoms with Crippen molar-refractivity contribution in [3.8, 4) is 5.75 Å². The molecule has 2 fully saturated rings. The molecule has 0 aromatic heterocycles. The molecule has 2 saturated heterocycles. The van der Waals surface area contributed by atoms with Gasteiger partial charge in [0.2, 0.25) is 12.1 Å². The van der Waals surface area contributed by atoms with Crippen molar-refractivity contribution in [3.63, 3.8) is 0 Å². The van der Waals surface area contributed by atoms with Crippen molar-refractivity contribution < 1.29 is 69.0 Å². The number of rotatable bonds is 9. The molecular formula is C23H30O14. The van der Waals surface area contributed by atoms with Crippen LogP contribution in [0.2, 0.25) is 0 Å². The Kier molecular flexibility index (Phi) is 9.57. The van der Waals surface area contributed by atoms with Gasteiger partial charge in [-0.1, -0.05) is 12.1 Å². The fourth-order valence-corrected chi connectivity index (χ4v) is 3.99. The van der Waals surface area contributed by atoms with E-state index in [0.717, 1.165) is 13.0 Å². The van der Waals surface area contributed by atoms with Gasteiger partial charge in [0.25, 0.3) is 0 Å². The van der Waals surface area contributed by atoms with Gasteiger partial charge in [0.1, 0.15) is 42.9 Å². The summed E-state index contributed by atoms with van der Waals surface area (Å²) in [6.07, 6.45) is -10.9. The summed E-state index contributed by atoms with van der Waals surface area (Å²) in [6, 6.07) is 5.82. The molecule has 206 valence electrons. The number of phenols is 1. The second-order valence-corrected chi connectivity index (χ2v) is 8.48. The van der Waals surface area contributed by atoms with Gasteiger partial charge in [-0.15, -0.1) is 0 Å². The molecule has 0 spiro atoms. The number of phenolic OH excluding ortho intramolecular Hbond substituents is 1. The first-order valence-electron chi connectivity index (χ1n) is 11.3. The lowest BCUT2D eigenvalue weighted by Crippen LogP contribution is -2.64. The van der Waals surface area contributed by atoms with Crippen LogP contribution in [0.1, 0.15) is 12.5 Å². The average Bonchev–Trinajstić information content (AvgIpc) is 3.13. The molecule has 2 heterocycles. The molecule has 9 unspecified atom stereocenters. The molecule has 3 rings (SSSR count). The predicted molar refractivity (Wildman–Crippen MR) is 119 cm³/mol. The zero-order valence-electron chi connectivity index (χ0n) is 19.7. The molecule has 14 nitrogen and oxygen atoms in total. The van der Waals surface area contributed by atoms with Crippen LogP contribution in [0.5, 0.6) is 5.75 Å². The van der Waals surface area contributed by atoms with Crippen LogP contribution in [0.4, 0.5) is 0 Å². The number of hydrogen-bond donors (Lipinski definition) is 7. The first kappa shape index (κ1) is 28.9. The molecular weight excluding hydrogens is 500 g/mol. The number of esters is 2. The summed E-state index contributed by atoms with van der Waals surface area (Å²) in [6.45, 7) is -1.61. The minimum Gasteiger partial charge on any atom is -0.508 e. The van der Waals surface area contributed by atoms with Crippen molar-refractivity contribution in [3.05, 3.63) is 35.9 Å². The molecule has 37 heavy (non-hydrogen) atoms. The summed E-state index contributed by atoms with van der Waals surface area (Å²) in [5.74, 6) is -4.27. The first-order valence-corrected chi connectivity index (χ1v) is 11.3. The summed E-state index contributed by atoms with van der Waals surface area (Å²) in [5, 5.41) is 69.9. The maximum Gasteiger partial charge on any atom is 0.331 e. The summed E-state index contributed by atoms with van der Waals surface area (Å²) in [5.41, 5.74) is 0.526. The van der Waals surface area contributed by atoms with Crippen LogP contribution < -0.4 is 0 Å². The monoisotopic (exact) mass is 530 g/mol. The van der Waals surface area contributed by atoms with Gasteiger partial charge in [-0.25, -0.2) is 4.79 Å². The Labute approximate surface area is 210 Å². The minimum atomic E-state index is -2.39. The fraction of sp³-hybridized carbons (Fsp3) is 0.565. The number of carbonyl (C=O) groups excluding carboxylic acids is 2. The number of aliphatic hydroxyl groups is 6. The van der Waals surface area contributed by atoms with Gasteiger partial charge in [0.15, 0.2) is 12.2 Å². The van der Waals surface area contributed by atoms with Crippen molar-refractivity contribution in [2.45, 2.75) is 61.7 Å². The van der Waals surface area contributed by atoms with E-state index < -0.39 is 86.6 Å². The van der Waals surface area contributed by atoms with E-state index in [-0.39, 0.29) is 5.75 Å². The van der Waals surface area contributed by atoms with Crippen LogP contribution in [0.25, 0.3) is 6.08 Å². The van der Waals surface area contributed by atoms with Crippen molar-refractivity contribution in [2.24, 2.45) is 0 Å². The number of benzene rings is 1. The van der Waals surface area contributed by atoms with E-state index in [4.69, 9.17) is 23.7 Å². The third-order valence-corrected chi connectivity index (χ3v) is 5.87. The largest absolute Gasteiger partial charge is 0.508 e. The maximum absolute atomic E-state index is 12.5. The lowest BCUT2D eigenvalue weighted by Gasteiger charge is -2.44. The standard InChI is InChI=1S/C23H30O14/c1-11(27)33-20-19(32)17(30)14(8-24)34-22(20)37-23(10-26)21(18(31)15(9-25)36-23)35-16(29)7-4-12-2-5-13(28)6-3-12/h2-7,14-15,17-22,24-26,28,30-32H,8-10H2,1H3. The molecule has 14 heteroatoms. The molecule has 2 aliphatic heterocycles. The second-order valence-electron chi connectivity index (χ2n) is 8.48. The van der Waals surface area contributed by atoms with E-state index in [9.17, 15) is 45.3 Å². The van der Waals surface area contributed by atoms with E-state index in [2.05, 4.69) is 0 Å². The van der Waals surface area contributed by atoms with E-state index >= 15 is 0 Å². The van der Waals surface area contributed by atoms with Gasteiger partial charge in [0.05, 0.1) is 13.2 Å².